The quantitative estimate of drug-likeness (QED) is 0.201. The number of unbranched alkanes of at least 4 members (excludes halogenated alkanes) is 3. The predicted octanol–water partition coefficient (Wildman–Crippen LogP) is 3.40. The summed E-state index contributed by atoms with van der Waals surface area (Å²) in [5.41, 5.74) is 0.775. The first-order valence-corrected chi connectivity index (χ1v) is 18.3. The molecule has 7 rings (SSSR count). The van der Waals surface area contributed by atoms with Crippen LogP contribution in [-0.2, 0) is 35.3 Å². The van der Waals surface area contributed by atoms with E-state index in [2.05, 4.69) is 10.3 Å². The molecule has 0 aliphatic carbocycles. The van der Waals surface area contributed by atoms with Crippen molar-refractivity contribution in [1.29, 1.82) is 0 Å². The van der Waals surface area contributed by atoms with Crippen LogP contribution in [0.2, 0.25) is 0 Å². The number of ether oxygens (including phenoxy) is 2. The number of cyclic esters (lactones) is 1. The van der Waals surface area contributed by atoms with Crippen LogP contribution in [0.4, 0.5) is 0 Å². The summed E-state index contributed by atoms with van der Waals surface area (Å²) < 4.78 is 14.6. The van der Waals surface area contributed by atoms with Crippen molar-refractivity contribution in [3.05, 3.63) is 84.5 Å². The third-order valence-corrected chi connectivity index (χ3v) is 11.1. The lowest BCUT2D eigenvalue weighted by Gasteiger charge is -2.35. The zero-order chi connectivity index (χ0) is 36.4. The van der Waals surface area contributed by atoms with Crippen molar-refractivity contribution < 1.29 is 33.8 Å². The number of allylic oxidation sites excluding steroid dienone is 1. The van der Waals surface area contributed by atoms with Gasteiger partial charge in [-0.2, -0.15) is 0 Å². The number of aliphatic hydroxyl groups is 1. The van der Waals surface area contributed by atoms with Crippen LogP contribution in [-0.4, -0.2) is 109 Å². The Morgan fingerprint density at radius 3 is 2.52 bits per heavy atom. The number of hydrogen-bond acceptors (Lipinski definition) is 9. The number of likely N-dealkylation sites (N-methyl/N-ethyl adjacent to an activating group) is 1. The topological polar surface area (TPSA) is 147 Å². The second-order valence-corrected chi connectivity index (χ2v) is 14.2. The maximum Gasteiger partial charge on any atom is 0.313 e. The average Bonchev–Trinajstić information content (AvgIpc) is 3.91. The number of carbonyl (C=O) groups is 4. The number of esters is 1. The van der Waals surface area contributed by atoms with Gasteiger partial charge in [-0.1, -0.05) is 84.8 Å². The van der Waals surface area contributed by atoms with Crippen molar-refractivity contribution in [3.63, 3.8) is 0 Å². The molecule has 4 aliphatic rings. The highest BCUT2D eigenvalue weighted by atomic mass is 16.6. The molecule has 274 valence electrons. The van der Waals surface area contributed by atoms with E-state index in [1.165, 1.54) is 0 Å². The fourth-order valence-corrected chi connectivity index (χ4v) is 8.20. The number of rotatable bonds is 9. The molecule has 4 aliphatic heterocycles. The van der Waals surface area contributed by atoms with E-state index in [0.29, 0.717) is 24.8 Å². The first-order chi connectivity index (χ1) is 25.2. The molecular weight excluding hydrogens is 664 g/mol. The number of amides is 3. The SMILES string of the molecule is C[C@@H]1[C@@H](c2ccccc2)OC(=O)[C@@H]2[C@@H]3C=C[C@]4(O3)[C@H](C(=O)N(Cn3nnc5ccccc53)C/C=C\CCC(=O)N1C)N(CCCCCCO)C(=O)[C@@H]24. The van der Waals surface area contributed by atoms with Gasteiger partial charge in [0.15, 0.2) is 0 Å². The molecule has 5 bridgehead atoms. The van der Waals surface area contributed by atoms with Gasteiger partial charge in [0.2, 0.25) is 11.8 Å². The van der Waals surface area contributed by atoms with Gasteiger partial charge >= 0.3 is 5.97 Å². The number of fused-ring (bicyclic) bond motifs is 3. The Bertz CT molecular complexity index is 1860. The molecule has 52 heavy (non-hydrogen) atoms. The number of nitrogens with zero attached hydrogens (tertiary/aromatic N) is 6. The fraction of sp³-hybridized carbons (Fsp3) is 0.487. The van der Waals surface area contributed by atoms with Crippen LogP contribution in [0.5, 0.6) is 0 Å². The molecule has 13 heteroatoms. The number of likely N-dealkylation sites (tertiary alicyclic amines) is 1. The van der Waals surface area contributed by atoms with Crippen molar-refractivity contribution in [2.45, 2.75) is 82.0 Å². The van der Waals surface area contributed by atoms with Gasteiger partial charge in [0.1, 0.15) is 35.9 Å². The van der Waals surface area contributed by atoms with Crippen LogP contribution < -0.4 is 0 Å². The summed E-state index contributed by atoms with van der Waals surface area (Å²) >= 11 is 0. The maximum atomic E-state index is 15.0. The minimum Gasteiger partial charge on any atom is -0.455 e. The molecule has 3 amide bonds. The number of benzene rings is 2. The zero-order valence-corrected chi connectivity index (χ0v) is 29.6. The summed E-state index contributed by atoms with van der Waals surface area (Å²) in [6, 6.07) is 15.2. The van der Waals surface area contributed by atoms with Crippen LogP contribution in [0.15, 0.2) is 78.9 Å². The van der Waals surface area contributed by atoms with E-state index in [9.17, 15) is 19.5 Å². The van der Waals surface area contributed by atoms with Crippen molar-refractivity contribution in [1.82, 2.24) is 29.7 Å². The van der Waals surface area contributed by atoms with Gasteiger partial charge in [0, 0.05) is 33.2 Å². The molecule has 13 nitrogen and oxygen atoms in total. The summed E-state index contributed by atoms with van der Waals surface area (Å²) in [6.07, 6.45) is 9.22. The van der Waals surface area contributed by atoms with Crippen LogP contribution in [0, 0.1) is 11.8 Å². The van der Waals surface area contributed by atoms with Crippen LogP contribution in [0.1, 0.15) is 57.1 Å². The lowest BCUT2D eigenvalue weighted by Crippen LogP contribution is -2.56. The van der Waals surface area contributed by atoms with E-state index in [1.54, 1.807) is 38.6 Å². The van der Waals surface area contributed by atoms with E-state index in [4.69, 9.17) is 9.47 Å². The average molecular weight is 711 g/mol. The number of aromatic nitrogens is 3. The summed E-state index contributed by atoms with van der Waals surface area (Å²) in [5, 5.41) is 17.9. The Morgan fingerprint density at radius 2 is 1.71 bits per heavy atom. The molecule has 1 spiro atoms. The standard InChI is InChI=1S/C39H46N6O7/c1-26-34(27-15-7-5-8-16-27)51-38(50)32-30-20-21-39(52-30)33(32)36(48)44(23-13-3-4-14-24-46)35(39)37(49)43(22-12-6-9-19-31(47)42(26)2)25-45-29-18-11-10-17-28(29)40-41-45/h5-8,10-12,15-18,20-21,26,30,32-35,46H,3-4,9,13-14,19,22-25H2,1-2H3/b12-6-/t26-,30+,32-,33-,34+,35+,39-/m1/s1. The number of hydrogen-bond donors (Lipinski definition) is 1. The minimum atomic E-state index is -1.38. The lowest BCUT2D eigenvalue weighted by molar-refractivity contribution is -0.164. The molecule has 0 radical (unpaired) electrons. The Hall–Kier alpha value is -4.88. The molecule has 1 aromatic heterocycles. The Labute approximate surface area is 302 Å². The number of aliphatic hydroxyl groups excluding tert-OH is 1. The highest BCUT2D eigenvalue weighted by Crippen LogP contribution is 2.56. The van der Waals surface area contributed by atoms with Crippen molar-refractivity contribution in [2.24, 2.45) is 11.8 Å². The molecule has 0 unspecified atom stereocenters. The van der Waals surface area contributed by atoms with Gasteiger partial charge in [0.05, 0.1) is 23.6 Å². The smallest absolute Gasteiger partial charge is 0.313 e. The van der Waals surface area contributed by atoms with Crippen LogP contribution >= 0.6 is 0 Å². The first kappa shape index (κ1) is 35.5. The Morgan fingerprint density at radius 1 is 0.942 bits per heavy atom. The summed E-state index contributed by atoms with van der Waals surface area (Å²) in [6.45, 7) is 2.46. The van der Waals surface area contributed by atoms with Gasteiger partial charge in [-0.15, -0.1) is 5.10 Å². The highest BCUT2D eigenvalue weighted by molar-refractivity contribution is 5.99. The molecule has 1 N–H and O–H groups in total. The summed E-state index contributed by atoms with van der Waals surface area (Å²) in [5.74, 6) is -3.36. The van der Waals surface area contributed by atoms with E-state index < -0.39 is 47.7 Å². The van der Waals surface area contributed by atoms with E-state index in [1.807, 2.05) is 73.7 Å². The Kier molecular flexibility index (Phi) is 10.2. The lowest BCUT2D eigenvalue weighted by atomic mass is 9.74. The number of carbonyl (C=O) groups excluding carboxylic acids is 4. The second-order valence-electron chi connectivity index (χ2n) is 14.2. The fourth-order valence-electron chi connectivity index (χ4n) is 8.20. The van der Waals surface area contributed by atoms with Crippen molar-refractivity contribution >= 4 is 34.7 Å². The third kappa shape index (κ3) is 6.40. The molecule has 3 aromatic rings. The molecule has 2 aromatic carbocycles. The van der Waals surface area contributed by atoms with Crippen molar-refractivity contribution in [2.75, 3.05) is 26.7 Å². The van der Waals surface area contributed by atoms with Gasteiger partial charge in [-0.3, -0.25) is 19.2 Å². The maximum absolute atomic E-state index is 15.0. The zero-order valence-electron chi connectivity index (χ0n) is 29.6. The molecule has 2 fully saturated rings. The van der Waals surface area contributed by atoms with E-state index in [0.717, 1.165) is 23.9 Å². The second kappa shape index (κ2) is 15.0. The van der Waals surface area contributed by atoms with Crippen molar-refractivity contribution in [3.8, 4) is 0 Å². The molecule has 5 heterocycles. The third-order valence-electron chi connectivity index (χ3n) is 11.1. The number of para-hydroxylation sites is 1. The molecule has 0 saturated carbocycles. The van der Waals surface area contributed by atoms with Crippen LogP contribution in [0.25, 0.3) is 11.0 Å². The predicted molar refractivity (Wildman–Crippen MR) is 190 cm³/mol. The van der Waals surface area contributed by atoms with E-state index >= 15 is 4.79 Å². The summed E-state index contributed by atoms with van der Waals surface area (Å²) in [7, 11) is 1.71. The molecule has 2 saturated heterocycles. The Balaban J connectivity index is 1.28. The van der Waals surface area contributed by atoms with Crippen LogP contribution in [0.3, 0.4) is 0 Å². The van der Waals surface area contributed by atoms with E-state index in [-0.39, 0.29) is 50.5 Å². The minimum absolute atomic E-state index is 0.0516. The highest BCUT2D eigenvalue weighted by Gasteiger charge is 2.73. The summed E-state index contributed by atoms with van der Waals surface area (Å²) in [4.78, 5) is 62.4. The largest absolute Gasteiger partial charge is 0.455 e. The molecule has 7 atom stereocenters. The normalized spacial score (nSPS) is 30.0. The van der Waals surface area contributed by atoms with Gasteiger partial charge in [-0.05, 0) is 43.9 Å². The van der Waals surface area contributed by atoms with Gasteiger partial charge < -0.3 is 29.3 Å². The molecular formula is C39H46N6O7. The monoisotopic (exact) mass is 710 g/mol. The van der Waals surface area contributed by atoms with Gasteiger partial charge in [-0.25, -0.2) is 4.68 Å². The van der Waals surface area contributed by atoms with Gasteiger partial charge in [0.25, 0.3) is 5.91 Å². The first-order valence-electron chi connectivity index (χ1n) is 18.3.